The van der Waals surface area contributed by atoms with Gasteiger partial charge in [-0.15, -0.1) is 0 Å². The van der Waals surface area contributed by atoms with Crippen LogP contribution in [0, 0.1) is 22.7 Å². The van der Waals surface area contributed by atoms with Gasteiger partial charge in [0.05, 0.1) is 0 Å². The topological polar surface area (TPSA) is 63.3 Å². The quantitative estimate of drug-likeness (QED) is 0.732. The third-order valence-corrected chi connectivity index (χ3v) is 5.58. The summed E-state index contributed by atoms with van der Waals surface area (Å²) < 4.78 is 0. The second-order valence-electron chi connectivity index (χ2n) is 6.08. The molecule has 2 aliphatic rings. The molecule has 0 unspecified atom stereocenters. The zero-order chi connectivity index (χ0) is 11.4. The Balaban J connectivity index is 2.30. The van der Waals surface area contributed by atoms with Gasteiger partial charge in [-0.05, 0) is 41.9 Å². The second-order valence-corrected chi connectivity index (χ2v) is 6.08. The van der Waals surface area contributed by atoms with Crippen LogP contribution in [0.1, 0.15) is 40.0 Å². The molecule has 4 atom stereocenters. The summed E-state index contributed by atoms with van der Waals surface area (Å²) in [5.41, 5.74) is 6.19. The maximum Gasteiger partial charge on any atom is 0.320 e. The molecule has 2 bridgehead atoms. The number of carbonyl (C=O) groups is 1. The highest BCUT2D eigenvalue weighted by Gasteiger charge is 2.63. The summed E-state index contributed by atoms with van der Waals surface area (Å²) in [6.07, 6.45) is 3.37. The lowest BCUT2D eigenvalue weighted by Gasteiger charge is -2.40. The van der Waals surface area contributed by atoms with E-state index in [0.717, 1.165) is 12.8 Å². The zero-order valence-corrected chi connectivity index (χ0v) is 9.79. The summed E-state index contributed by atoms with van der Waals surface area (Å²) in [7, 11) is 0. The number of carboxylic acids is 1. The first-order chi connectivity index (χ1) is 6.80. The summed E-state index contributed by atoms with van der Waals surface area (Å²) in [4.78, 5) is 11.0. The summed E-state index contributed by atoms with van der Waals surface area (Å²) >= 11 is 0. The van der Waals surface area contributed by atoms with E-state index in [0.29, 0.717) is 5.92 Å². The van der Waals surface area contributed by atoms with E-state index in [-0.39, 0.29) is 16.7 Å². The summed E-state index contributed by atoms with van der Waals surface area (Å²) in [5, 5.41) is 9.03. The minimum atomic E-state index is -0.843. The molecule has 0 spiro atoms. The van der Waals surface area contributed by atoms with Crippen LogP contribution in [0.3, 0.4) is 0 Å². The average molecular weight is 211 g/mol. The van der Waals surface area contributed by atoms with Crippen molar-refractivity contribution < 1.29 is 9.90 Å². The van der Waals surface area contributed by atoms with Gasteiger partial charge in [-0.25, -0.2) is 0 Å². The molecule has 0 aliphatic heterocycles. The molecule has 15 heavy (non-hydrogen) atoms. The fraction of sp³-hybridized carbons (Fsp3) is 0.917. The van der Waals surface area contributed by atoms with Crippen molar-refractivity contribution in [3.05, 3.63) is 0 Å². The van der Waals surface area contributed by atoms with E-state index in [1.165, 1.54) is 6.42 Å². The van der Waals surface area contributed by atoms with Gasteiger partial charge >= 0.3 is 5.97 Å². The van der Waals surface area contributed by atoms with Crippen LogP contribution in [-0.4, -0.2) is 17.1 Å². The Labute approximate surface area is 91.0 Å². The highest BCUT2D eigenvalue weighted by atomic mass is 16.4. The molecule has 2 saturated carbocycles. The number of aliphatic carboxylic acids is 1. The Bertz CT molecular complexity index is 300. The van der Waals surface area contributed by atoms with Gasteiger partial charge in [0.2, 0.25) is 0 Å². The maximum atomic E-state index is 11.0. The van der Waals surface area contributed by atoms with Crippen LogP contribution in [-0.2, 0) is 4.79 Å². The Hall–Kier alpha value is -0.570. The first-order valence-electron chi connectivity index (χ1n) is 5.79. The monoisotopic (exact) mass is 211 g/mol. The van der Waals surface area contributed by atoms with E-state index in [2.05, 4.69) is 20.8 Å². The Kier molecular flexibility index (Phi) is 2.16. The number of carboxylic acid groups (broad SMARTS) is 1. The van der Waals surface area contributed by atoms with Gasteiger partial charge in [-0.3, -0.25) is 4.79 Å². The normalized spacial score (nSPS) is 44.3. The predicted octanol–water partition coefficient (Wildman–Crippen LogP) is 1.86. The van der Waals surface area contributed by atoms with Crippen LogP contribution >= 0.6 is 0 Å². The number of hydrogen-bond donors (Lipinski definition) is 2. The molecule has 0 aromatic carbocycles. The first kappa shape index (κ1) is 10.9. The van der Waals surface area contributed by atoms with Crippen LogP contribution < -0.4 is 5.73 Å². The van der Waals surface area contributed by atoms with Crippen LogP contribution in [0.15, 0.2) is 0 Å². The Morgan fingerprint density at radius 3 is 2.40 bits per heavy atom. The molecule has 86 valence electrons. The molecule has 0 aromatic rings. The van der Waals surface area contributed by atoms with E-state index < -0.39 is 12.0 Å². The van der Waals surface area contributed by atoms with Gasteiger partial charge in [0.25, 0.3) is 0 Å². The molecule has 2 fully saturated rings. The molecule has 0 heterocycles. The van der Waals surface area contributed by atoms with Crippen molar-refractivity contribution in [2.45, 2.75) is 46.1 Å². The van der Waals surface area contributed by atoms with Crippen molar-refractivity contribution in [3.8, 4) is 0 Å². The van der Waals surface area contributed by atoms with Crippen molar-refractivity contribution in [2.75, 3.05) is 0 Å². The fourth-order valence-corrected chi connectivity index (χ4v) is 3.98. The van der Waals surface area contributed by atoms with Crippen molar-refractivity contribution in [1.82, 2.24) is 0 Å². The van der Waals surface area contributed by atoms with Gasteiger partial charge in [0.15, 0.2) is 0 Å². The van der Waals surface area contributed by atoms with E-state index >= 15 is 0 Å². The van der Waals surface area contributed by atoms with Gasteiger partial charge in [0, 0.05) is 0 Å². The van der Waals surface area contributed by atoms with Crippen molar-refractivity contribution in [2.24, 2.45) is 28.4 Å². The lowest BCUT2D eigenvalue weighted by Crippen LogP contribution is -2.46. The summed E-state index contributed by atoms with van der Waals surface area (Å²) in [5.74, 6) is -0.0220. The predicted molar refractivity (Wildman–Crippen MR) is 58.3 cm³/mol. The van der Waals surface area contributed by atoms with Crippen molar-refractivity contribution in [3.63, 3.8) is 0 Å². The van der Waals surface area contributed by atoms with Gasteiger partial charge in [-0.1, -0.05) is 20.8 Å². The lowest BCUT2D eigenvalue weighted by molar-refractivity contribution is -0.141. The van der Waals surface area contributed by atoms with E-state index in [9.17, 15) is 4.79 Å². The second kappa shape index (κ2) is 2.97. The third kappa shape index (κ3) is 1.19. The SMILES string of the molecule is CC1(C)[C@H]2CC[C@@]1(C)[C@@H]([C@@H](N)C(=O)O)C2. The van der Waals surface area contributed by atoms with E-state index in [1.54, 1.807) is 0 Å². The van der Waals surface area contributed by atoms with Crippen molar-refractivity contribution in [1.29, 1.82) is 0 Å². The smallest absolute Gasteiger partial charge is 0.320 e. The molecular weight excluding hydrogens is 190 g/mol. The molecule has 3 heteroatoms. The Morgan fingerprint density at radius 2 is 2.07 bits per heavy atom. The summed E-state index contributed by atoms with van der Waals surface area (Å²) in [6, 6.07) is -0.681. The molecule has 3 nitrogen and oxygen atoms in total. The molecule has 0 amide bonds. The highest BCUT2D eigenvalue weighted by molar-refractivity contribution is 5.73. The maximum absolute atomic E-state index is 11.0. The number of nitrogens with two attached hydrogens (primary N) is 1. The summed E-state index contributed by atoms with van der Waals surface area (Å²) in [6.45, 7) is 6.78. The lowest BCUT2D eigenvalue weighted by atomic mass is 9.65. The Morgan fingerprint density at radius 1 is 1.47 bits per heavy atom. The average Bonchev–Trinajstić information content (AvgIpc) is 2.47. The van der Waals surface area contributed by atoms with Crippen LogP contribution in [0.25, 0.3) is 0 Å². The molecule has 0 radical (unpaired) electrons. The largest absolute Gasteiger partial charge is 0.480 e. The van der Waals surface area contributed by atoms with Crippen LogP contribution in [0.5, 0.6) is 0 Å². The van der Waals surface area contributed by atoms with Gasteiger partial charge in [-0.2, -0.15) is 0 Å². The van der Waals surface area contributed by atoms with Gasteiger partial charge < -0.3 is 10.8 Å². The standard InChI is InChI=1S/C12H21NO2/c1-11(2)7-4-5-12(11,3)8(6-7)9(13)10(14)15/h7-9H,4-6,13H2,1-3H3,(H,14,15)/t7-,8+,9+,12-/m0/s1. The van der Waals surface area contributed by atoms with E-state index in [4.69, 9.17) is 10.8 Å². The van der Waals surface area contributed by atoms with E-state index in [1.807, 2.05) is 0 Å². The minimum Gasteiger partial charge on any atom is -0.480 e. The molecule has 0 aromatic heterocycles. The third-order valence-electron chi connectivity index (χ3n) is 5.58. The van der Waals surface area contributed by atoms with Crippen LogP contribution in [0.2, 0.25) is 0 Å². The molecule has 0 saturated heterocycles. The molecule has 2 aliphatic carbocycles. The van der Waals surface area contributed by atoms with Gasteiger partial charge in [0.1, 0.15) is 6.04 Å². The first-order valence-corrected chi connectivity index (χ1v) is 5.79. The van der Waals surface area contributed by atoms with Crippen LogP contribution in [0.4, 0.5) is 0 Å². The minimum absolute atomic E-state index is 0.121. The molecule has 2 rings (SSSR count). The number of hydrogen-bond acceptors (Lipinski definition) is 2. The number of fused-ring (bicyclic) bond motifs is 2. The number of rotatable bonds is 2. The molecule has 3 N–H and O–H groups in total. The fourth-order valence-electron chi connectivity index (χ4n) is 3.98. The molecular formula is C12H21NO2. The zero-order valence-electron chi connectivity index (χ0n) is 9.79. The van der Waals surface area contributed by atoms with Crippen molar-refractivity contribution >= 4 is 5.97 Å². The highest BCUT2D eigenvalue weighted by Crippen LogP contribution is 2.68.